The van der Waals surface area contributed by atoms with Gasteiger partial charge in [0.15, 0.2) is 0 Å². The minimum absolute atomic E-state index is 0.214. The lowest BCUT2D eigenvalue weighted by Gasteiger charge is -1.98. The van der Waals surface area contributed by atoms with E-state index in [4.69, 9.17) is 5.11 Å². The van der Waals surface area contributed by atoms with Crippen LogP contribution in [0.2, 0.25) is 0 Å². The van der Waals surface area contributed by atoms with Crippen molar-refractivity contribution in [2.24, 2.45) is 0 Å². The van der Waals surface area contributed by atoms with Crippen LogP contribution in [0.25, 0.3) is 0 Å². The maximum atomic E-state index is 10.3. The Morgan fingerprint density at radius 3 is 1.95 bits per heavy atom. The lowest BCUT2D eigenvalue weighted by atomic mass is 10.1. The Labute approximate surface area is 137 Å². The van der Waals surface area contributed by atoms with Gasteiger partial charge in [-0.2, -0.15) is 0 Å². The van der Waals surface area contributed by atoms with Crippen molar-refractivity contribution in [2.75, 3.05) is 0 Å². The van der Waals surface area contributed by atoms with Crippen LogP contribution < -0.4 is 0 Å². The minimum atomic E-state index is -0.736. The van der Waals surface area contributed by atoms with Crippen LogP contribution in [-0.2, 0) is 4.79 Å². The van der Waals surface area contributed by atoms with E-state index >= 15 is 0 Å². The lowest BCUT2D eigenvalue weighted by molar-refractivity contribution is -0.136. The van der Waals surface area contributed by atoms with Crippen molar-refractivity contribution in [3.8, 4) is 0 Å². The molecular formula is C20H34O2. The van der Waals surface area contributed by atoms with Gasteiger partial charge in [0, 0.05) is 6.42 Å². The Kier molecular flexibility index (Phi) is 16.7. The van der Waals surface area contributed by atoms with Crippen LogP contribution in [0.3, 0.4) is 0 Å². The fourth-order valence-corrected chi connectivity index (χ4v) is 2.20. The van der Waals surface area contributed by atoms with Gasteiger partial charge in [-0.25, -0.2) is 0 Å². The molecule has 2 heteroatoms. The van der Waals surface area contributed by atoms with Crippen molar-refractivity contribution in [1.29, 1.82) is 0 Å². The van der Waals surface area contributed by atoms with E-state index in [1.807, 2.05) is 18.2 Å². The lowest BCUT2D eigenvalue weighted by Crippen LogP contribution is -1.91. The van der Waals surface area contributed by atoms with Gasteiger partial charge < -0.3 is 5.11 Å². The zero-order chi connectivity index (χ0) is 16.3. The fraction of sp³-hybridized carbons (Fsp3) is 0.650. The normalized spacial score (nSPS) is 12.0. The zero-order valence-corrected chi connectivity index (χ0v) is 14.3. The van der Waals surface area contributed by atoms with Crippen molar-refractivity contribution in [2.45, 2.75) is 84.0 Å². The second-order valence-corrected chi connectivity index (χ2v) is 5.75. The number of carboxylic acids is 1. The molecule has 0 aliphatic carbocycles. The largest absolute Gasteiger partial charge is 0.481 e. The summed E-state index contributed by atoms with van der Waals surface area (Å²) in [6.07, 6.45) is 26.4. The van der Waals surface area contributed by atoms with Crippen molar-refractivity contribution in [3.63, 3.8) is 0 Å². The minimum Gasteiger partial charge on any atom is -0.481 e. The predicted octanol–water partition coefficient (Wildman–Crippen LogP) is 6.44. The summed E-state index contributed by atoms with van der Waals surface area (Å²) in [6.45, 7) is 2.26. The summed E-state index contributed by atoms with van der Waals surface area (Å²) >= 11 is 0. The van der Waals surface area contributed by atoms with Gasteiger partial charge in [-0.3, -0.25) is 4.79 Å². The van der Waals surface area contributed by atoms with Crippen molar-refractivity contribution >= 4 is 5.97 Å². The van der Waals surface area contributed by atoms with E-state index in [9.17, 15) is 4.79 Å². The molecule has 0 atom stereocenters. The number of rotatable bonds is 15. The second-order valence-electron chi connectivity index (χ2n) is 5.75. The van der Waals surface area contributed by atoms with Gasteiger partial charge in [0.1, 0.15) is 0 Å². The molecule has 22 heavy (non-hydrogen) atoms. The maximum Gasteiger partial charge on any atom is 0.303 e. The molecule has 1 N–H and O–H groups in total. The highest BCUT2D eigenvalue weighted by Gasteiger charge is 1.90. The first-order chi connectivity index (χ1) is 10.8. The Bertz CT molecular complexity index is 327. The molecule has 0 saturated carbocycles. The first kappa shape index (κ1) is 20.7. The molecule has 0 unspecified atom stereocenters. The molecular weight excluding hydrogens is 272 g/mol. The average Bonchev–Trinajstić information content (AvgIpc) is 2.50. The van der Waals surface area contributed by atoms with Crippen molar-refractivity contribution in [3.05, 3.63) is 36.5 Å². The molecule has 0 heterocycles. The third-order valence-corrected chi connectivity index (χ3v) is 3.55. The SMILES string of the molecule is CCCCCCCCCC=CCCC=CC=CCCC(=O)O. The summed E-state index contributed by atoms with van der Waals surface area (Å²) in [5.41, 5.74) is 0. The molecule has 0 aromatic heterocycles. The molecule has 0 rings (SSSR count). The quantitative estimate of drug-likeness (QED) is 0.215. The number of aliphatic carboxylic acids is 1. The van der Waals surface area contributed by atoms with Crippen LogP contribution in [0.1, 0.15) is 84.0 Å². The van der Waals surface area contributed by atoms with Crippen LogP contribution in [0.15, 0.2) is 36.5 Å². The first-order valence-electron chi connectivity index (χ1n) is 8.95. The van der Waals surface area contributed by atoms with Gasteiger partial charge in [0.25, 0.3) is 0 Å². The monoisotopic (exact) mass is 306 g/mol. The van der Waals surface area contributed by atoms with Crippen LogP contribution in [0.5, 0.6) is 0 Å². The third kappa shape index (κ3) is 18.7. The summed E-state index contributed by atoms with van der Waals surface area (Å²) in [5, 5.41) is 8.48. The number of unbranched alkanes of at least 4 members (excludes halogenated alkanes) is 8. The Balaban J connectivity index is 3.28. The molecule has 0 aliphatic rings. The van der Waals surface area contributed by atoms with Crippen molar-refractivity contribution in [1.82, 2.24) is 0 Å². The topological polar surface area (TPSA) is 37.3 Å². The molecule has 0 spiro atoms. The summed E-state index contributed by atoms with van der Waals surface area (Å²) < 4.78 is 0. The fourth-order valence-electron chi connectivity index (χ4n) is 2.20. The third-order valence-electron chi connectivity index (χ3n) is 3.55. The van der Waals surface area contributed by atoms with Gasteiger partial charge in [-0.05, 0) is 32.1 Å². The smallest absolute Gasteiger partial charge is 0.303 e. The molecule has 0 fully saturated rings. The number of carbonyl (C=O) groups is 1. The highest BCUT2D eigenvalue weighted by molar-refractivity contribution is 5.66. The first-order valence-corrected chi connectivity index (χ1v) is 8.95. The van der Waals surface area contributed by atoms with Crippen LogP contribution in [0, 0.1) is 0 Å². The van der Waals surface area contributed by atoms with Gasteiger partial charge in [-0.1, -0.05) is 81.9 Å². The number of hydrogen-bond donors (Lipinski definition) is 1. The van der Waals surface area contributed by atoms with E-state index in [1.165, 1.54) is 51.4 Å². The molecule has 0 radical (unpaired) electrons. The summed E-state index contributed by atoms with van der Waals surface area (Å²) in [4.78, 5) is 10.3. The standard InChI is InChI=1S/C20H34O2/c1-2-3-4-5-6-7-8-9-10-11-12-13-14-15-16-17-18-19-20(21)22/h10-11,14-17H,2-9,12-13,18-19H2,1H3,(H,21,22). The molecule has 2 nitrogen and oxygen atoms in total. The van der Waals surface area contributed by atoms with Crippen LogP contribution >= 0.6 is 0 Å². The van der Waals surface area contributed by atoms with E-state index in [1.54, 1.807) is 0 Å². The Morgan fingerprint density at radius 1 is 0.727 bits per heavy atom. The van der Waals surface area contributed by atoms with Gasteiger partial charge in [0.05, 0.1) is 0 Å². The Morgan fingerprint density at radius 2 is 1.27 bits per heavy atom. The van der Waals surface area contributed by atoms with Gasteiger partial charge >= 0.3 is 5.97 Å². The Hall–Kier alpha value is -1.31. The van der Waals surface area contributed by atoms with E-state index in [0.717, 1.165) is 12.8 Å². The number of carboxylic acid groups (broad SMARTS) is 1. The van der Waals surface area contributed by atoms with E-state index < -0.39 is 5.97 Å². The number of allylic oxidation sites excluding steroid dienone is 6. The predicted molar refractivity (Wildman–Crippen MR) is 96.1 cm³/mol. The van der Waals surface area contributed by atoms with E-state index in [-0.39, 0.29) is 6.42 Å². The van der Waals surface area contributed by atoms with Gasteiger partial charge in [-0.15, -0.1) is 0 Å². The molecule has 0 aliphatic heterocycles. The molecule has 0 saturated heterocycles. The number of hydrogen-bond acceptors (Lipinski definition) is 1. The average molecular weight is 306 g/mol. The molecule has 126 valence electrons. The molecule has 0 aromatic carbocycles. The second kappa shape index (κ2) is 17.7. The van der Waals surface area contributed by atoms with Crippen LogP contribution in [0.4, 0.5) is 0 Å². The zero-order valence-electron chi connectivity index (χ0n) is 14.3. The molecule has 0 aromatic rings. The van der Waals surface area contributed by atoms with E-state index in [0.29, 0.717) is 6.42 Å². The van der Waals surface area contributed by atoms with E-state index in [2.05, 4.69) is 25.2 Å². The summed E-state index contributed by atoms with van der Waals surface area (Å²) in [6, 6.07) is 0. The van der Waals surface area contributed by atoms with Crippen molar-refractivity contribution < 1.29 is 9.90 Å². The van der Waals surface area contributed by atoms with Crippen LogP contribution in [-0.4, -0.2) is 11.1 Å². The summed E-state index contributed by atoms with van der Waals surface area (Å²) in [7, 11) is 0. The highest BCUT2D eigenvalue weighted by Crippen LogP contribution is 2.08. The maximum absolute atomic E-state index is 10.3. The molecule has 0 amide bonds. The molecule has 0 bridgehead atoms. The highest BCUT2D eigenvalue weighted by atomic mass is 16.4. The summed E-state index contributed by atoms with van der Waals surface area (Å²) in [5.74, 6) is -0.736. The van der Waals surface area contributed by atoms with Gasteiger partial charge in [0.2, 0.25) is 0 Å².